The summed E-state index contributed by atoms with van der Waals surface area (Å²) in [5, 5.41) is -0.850. The molecule has 12 heteroatoms. The first kappa shape index (κ1) is 27.3. The molecule has 0 amide bonds. The highest BCUT2D eigenvalue weighted by Gasteiger charge is 2.41. The Bertz CT molecular complexity index is 1690. The monoisotopic (exact) mass is 550 g/mol. The molecule has 0 atom stereocenters. The molecule has 0 radical (unpaired) electrons. The zero-order valence-electron chi connectivity index (χ0n) is 19.3. The third kappa shape index (κ3) is 6.24. The number of hydrogen-bond donors (Lipinski definition) is 0. The molecular formula is C27H11F9N2O. The van der Waals surface area contributed by atoms with Crippen molar-refractivity contribution < 1.29 is 44.3 Å². The molecule has 0 spiro atoms. The minimum atomic E-state index is -5.01. The largest absolute Gasteiger partial charge is 0.458 e. The van der Waals surface area contributed by atoms with Crippen LogP contribution >= 0.6 is 0 Å². The van der Waals surface area contributed by atoms with E-state index >= 15 is 0 Å². The summed E-state index contributed by atoms with van der Waals surface area (Å²) in [7, 11) is 0. The summed E-state index contributed by atoms with van der Waals surface area (Å²) in [5.41, 5.74) is -2.49. The molecule has 0 aliphatic heterocycles. The first-order valence-corrected chi connectivity index (χ1v) is 10.6. The molecule has 0 N–H and O–H groups in total. The van der Waals surface area contributed by atoms with E-state index in [0.29, 0.717) is 24.3 Å². The number of alkyl halides is 5. The maximum absolute atomic E-state index is 14.8. The van der Waals surface area contributed by atoms with Gasteiger partial charge in [0, 0.05) is 29.3 Å². The third-order valence-electron chi connectivity index (χ3n) is 5.01. The molecule has 1 heterocycles. The van der Waals surface area contributed by atoms with Crippen LogP contribution in [0.25, 0.3) is 10.8 Å². The van der Waals surface area contributed by atoms with Crippen LogP contribution in [0.15, 0.2) is 48.8 Å². The van der Waals surface area contributed by atoms with Crippen molar-refractivity contribution in [3.63, 3.8) is 0 Å². The van der Waals surface area contributed by atoms with E-state index in [1.165, 1.54) is 18.3 Å². The molecule has 0 aliphatic carbocycles. The van der Waals surface area contributed by atoms with Crippen LogP contribution < -0.4 is 4.74 Å². The van der Waals surface area contributed by atoms with Gasteiger partial charge in [0.25, 0.3) is 0 Å². The molecule has 4 aromatic rings. The van der Waals surface area contributed by atoms with Crippen molar-refractivity contribution in [2.45, 2.75) is 19.2 Å². The topological polar surface area (TPSA) is 35.0 Å². The van der Waals surface area contributed by atoms with Crippen molar-refractivity contribution in [1.29, 1.82) is 0 Å². The van der Waals surface area contributed by atoms with Crippen LogP contribution in [-0.2, 0) is 6.11 Å². The smallest absolute Gasteiger partial charge is 0.429 e. The van der Waals surface area contributed by atoms with Crippen molar-refractivity contribution in [2.24, 2.45) is 0 Å². The molecule has 39 heavy (non-hydrogen) atoms. The van der Waals surface area contributed by atoms with Gasteiger partial charge in [0.1, 0.15) is 34.6 Å². The maximum atomic E-state index is 14.8. The number of ether oxygens (including phenoxy) is 1. The van der Waals surface area contributed by atoms with Crippen molar-refractivity contribution in [1.82, 2.24) is 9.97 Å². The zero-order valence-corrected chi connectivity index (χ0v) is 19.3. The molecule has 0 saturated heterocycles. The minimum Gasteiger partial charge on any atom is -0.429 e. The first-order chi connectivity index (χ1) is 18.2. The standard InChI is InChI=1S/C27H11F9N2O/c1-14-12-37-23(38-13-14)5-2-15-8-21(29)24(22(30)9-15)27(35,36)39-17-3-4-18-16(10-17)11-20(28)19(25(18)31)6-7-26(32,33)34/h3-4,8-13H,1H3. The van der Waals surface area contributed by atoms with E-state index in [0.717, 1.165) is 23.6 Å². The Morgan fingerprint density at radius 1 is 0.769 bits per heavy atom. The van der Waals surface area contributed by atoms with Crippen molar-refractivity contribution in [3.05, 3.63) is 100 Å². The Hall–Kier alpha value is -4.71. The van der Waals surface area contributed by atoms with Crippen LogP contribution in [-0.4, -0.2) is 16.1 Å². The third-order valence-corrected chi connectivity index (χ3v) is 5.01. The highest BCUT2D eigenvalue weighted by atomic mass is 19.4. The molecule has 3 nitrogen and oxygen atoms in total. The number of halogens is 9. The fourth-order valence-electron chi connectivity index (χ4n) is 3.33. The lowest BCUT2D eigenvalue weighted by molar-refractivity contribution is -0.189. The molecule has 3 aromatic carbocycles. The summed E-state index contributed by atoms with van der Waals surface area (Å²) in [6.07, 6.45) is -6.70. The van der Waals surface area contributed by atoms with E-state index in [1.807, 2.05) is 0 Å². The van der Waals surface area contributed by atoms with Crippen molar-refractivity contribution >= 4 is 10.8 Å². The van der Waals surface area contributed by atoms with Crippen molar-refractivity contribution in [3.8, 4) is 29.4 Å². The summed E-state index contributed by atoms with van der Waals surface area (Å²) in [5.74, 6) is -0.189. The highest BCUT2D eigenvalue weighted by Crippen LogP contribution is 2.37. The van der Waals surface area contributed by atoms with Crippen LogP contribution in [0, 0.1) is 53.9 Å². The summed E-state index contributed by atoms with van der Waals surface area (Å²) in [6, 6.07) is 3.93. The number of fused-ring (bicyclic) bond motifs is 1. The molecule has 1 aromatic heterocycles. The number of nitrogens with zero attached hydrogens (tertiary/aromatic N) is 2. The average Bonchev–Trinajstić information content (AvgIpc) is 2.82. The Morgan fingerprint density at radius 2 is 1.41 bits per heavy atom. The predicted molar refractivity (Wildman–Crippen MR) is 120 cm³/mol. The lowest BCUT2D eigenvalue weighted by Gasteiger charge is -2.20. The van der Waals surface area contributed by atoms with E-state index in [1.54, 1.807) is 6.92 Å². The van der Waals surface area contributed by atoms with E-state index in [9.17, 15) is 39.5 Å². The van der Waals surface area contributed by atoms with Gasteiger partial charge in [-0.15, -0.1) is 0 Å². The van der Waals surface area contributed by atoms with E-state index in [-0.39, 0.29) is 16.8 Å². The first-order valence-electron chi connectivity index (χ1n) is 10.6. The minimum absolute atomic E-state index is 0.0304. The fourth-order valence-corrected chi connectivity index (χ4v) is 3.33. The Kier molecular flexibility index (Phi) is 7.16. The van der Waals surface area contributed by atoms with Crippen LogP contribution in [0.2, 0.25) is 0 Å². The van der Waals surface area contributed by atoms with Crippen LogP contribution in [0.4, 0.5) is 39.5 Å². The Morgan fingerprint density at radius 3 is 2.03 bits per heavy atom. The summed E-state index contributed by atoms with van der Waals surface area (Å²) in [6.45, 7) is 1.73. The second-order valence-corrected chi connectivity index (χ2v) is 7.95. The Labute approximate surface area is 214 Å². The van der Waals surface area contributed by atoms with Crippen LogP contribution in [0.1, 0.15) is 28.1 Å². The van der Waals surface area contributed by atoms with E-state index < -0.39 is 57.8 Å². The molecule has 0 saturated carbocycles. The summed E-state index contributed by atoms with van der Waals surface area (Å²) < 4.78 is 129. The SMILES string of the molecule is Cc1cnc(C#Cc2cc(F)c(C(F)(F)Oc3ccc4c(F)c(C#CC(F)(F)F)c(F)cc4c3)c(F)c2)nc1. The lowest BCUT2D eigenvalue weighted by Crippen LogP contribution is -2.25. The van der Waals surface area contributed by atoms with Gasteiger partial charge in [-0.3, -0.25) is 0 Å². The summed E-state index contributed by atoms with van der Waals surface area (Å²) >= 11 is 0. The van der Waals surface area contributed by atoms with Gasteiger partial charge < -0.3 is 4.74 Å². The van der Waals surface area contributed by atoms with Crippen LogP contribution in [0.5, 0.6) is 5.75 Å². The molecule has 0 unspecified atom stereocenters. The normalized spacial score (nSPS) is 11.4. The van der Waals surface area contributed by atoms with Crippen LogP contribution in [0.3, 0.4) is 0 Å². The van der Waals surface area contributed by atoms with Gasteiger partial charge >= 0.3 is 12.3 Å². The quantitative estimate of drug-likeness (QED) is 0.205. The van der Waals surface area contributed by atoms with Gasteiger partial charge in [-0.05, 0) is 60.2 Å². The second kappa shape index (κ2) is 10.2. The molecule has 0 bridgehead atoms. The summed E-state index contributed by atoms with van der Waals surface area (Å²) in [4.78, 5) is 7.77. The Balaban J connectivity index is 1.64. The number of rotatable bonds is 3. The average molecular weight is 550 g/mol. The van der Waals surface area contributed by atoms with Gasteiger partial charge in [0.15, 0.2) is 0 Å². The molecule has 198 valence electrons. The van der Waals surface area contributed by atoms with Gasteiger partial charge in [-0.1, -0.05) is 11.8 Å². The molecule has 4 rings (SSSR count). The van der Waals surface area contributed by atoms with Gasteiger partial charge in [0.2, 0.25) is 5.82 Å². The van der Waals surface area contributed by atoms with Gasteiger partial charge in [-0.25, -0.2) is 27.5 Å². The predicted octanol–water partition coefficient (Wildman–Crippen LogP) is 6.94. The van der Waals surface area contributed by atoms with Gasteiger partial charge in [-0.2, -0.15) is 22.0 Å². The number of aryl methyl sites for hydroxylation is 1. The molecular weight excluding hydrogens is 539 g/mol. The molecule has 0 aliphatic rings. The highest BCUT2D eigenvalue weighted by molar-refractivity contribution is 5.86. The fraction of sp³-hybridized carbons (Fsp3) is 0.111. The number of benzene rings is 3. The van der Waals surface area contributed by atoms with Gasteiger partial charge in [0.05, 0.1) is 5.56 Å². The second-order valence-electron chi connectivity index (χ2n) is 7.95. The zero-order chi connectivity index (χ0) is 28.5. The lowest BCUT2D eigenvalue weighted by atomic mass is 10.0. The maximum Gasteiger partial charge on any atom is 0.458 e. The van der Waals surface area contributed by atoms with E-state index in [2.05, 4.69) is 26.5 Å². The van der Waals surface area contributed by atoms with E-state index in [4.69, 9.17) is 0 Å². The number of hydrogen-bond acceptors (Lipinski definition) is 3. The number of aromatic nitrogens is 2. The van der Waals surface area contributed by atoms with Crippen molar-refractivity contribution in [2.75, 3.05) is 0 Å². The molecule has 0 fully saturated rings.